The number of benzene rings is 1. The zero-order valence-electron chi connectivity index (χ0n) is 12.2. The Bertz CT molecular complexity index is 817. The average molecular weight is 309 g/mol. The van der Waals surface area contributed by atoms with Gasteiger partial charge in [0.2, 0.25) is 7.98 Å². The third-order valence-electron chi connectivity index (χ3n) is 3.11. The maximum atomic E-state index is 12.0. The molecule has 2 aromatic rings. The quantitative estimate of drug-likeness (QED) is 0.790. The first-order chi connectivity index (χ1) is 10.9. The van der Waals surface area contributed by atoms with Crippen molar-refractivity contribution in [3.8, 4) is 22.9 Å². The number of pyridine rings is 1. The average Bonchev–Trinajstić information content (AvgIpc) is 2.53. The fourth-order valence-electron chi connectivity index (χ4n) is 2.00. The first kappa shape index (κ1) is 16.0. The molecule has 0 aliphatic carbocycles. The van der Waals surface area contributed by atoms with Crippen LogP contribution in [0.25, 0.3) is 11.1 Å². The normalized spacial score (nSPS) is 9.87. The van der Waals surface area contributed by atoms with Crippen LogP contribution in [0.4, 0.5) is 0 Å². The molecule has 0 atom stereocenters. The van der Waals surface area contributed by atoms with Gasteiger partial charge in [-0.25, -0.2) is 4.98 Å². The predicted molar refractivity (Wildman–Crippen MR) is 83.3 cm³/mol. The topological polar surface area (TPSA) is 115 Å². The molecule has 1 heterocycles. The third kappa shape index (κ3) is 3.65. The molecule has 0 bridgehead atoms. The maximum absolute atomic E-state index is 12.0. The van der Waals surface area contributed by atoms with E-state index in [1.807, 2.05) is 6.07 Å². The highest BCUT2D eigenvalue weighted by Crippen LogP contribution is 2.25. The number of nitrogens with zero attached hydrogens (tertiary/aromatic N) is 3. The Hall–Kier alpha value is -3.34. The molecule has 0 radical (unpaired) electrons. The number of hydrogen-bond acceptors (Lipinski definition) is 5. The van der Waals surface area contributed by atoms with Crippen molar-refractivity contribution in [1.82, 2.24) is 9.79 Å². The summed E-state index contributed by atoms with van der Waals surface area (Å²) in [6.45, 7) is -0.494. The van der Waals surface area contributed by atoms with Crippen LogP contribution in [0.3, 0.4) is 0 Å². The summed E-state index contributed by atoms with van der Waals surface area (Å²) in [7, 11) is 1.31. The molecule has 23 heavy (non-hydrogen) atoms. The maximum Gasteiger partial charge on any atom is 0.322 e. The Morgan fingerprint density at radius 3 is 2.65 bits per heavy atom. The van der Waals surface area contributed by atoms with Crippen LogP contribution in [-0.4, -0.2) is 46.4 Å². The number of aromatic nitrogens is 1. The van der Waals surface area contributed by atoms with Gasteiger partial charge in [-0.2, -0.15) is 5.26 Å². The molecular weight excluding hydrogens is 297 g/mol. The van der Waals surface area contributed by atoms with E-state index < -0.39 is 18.4 Å². The molecule has 2 rings (SSSR count). The van der Waals surface area contributed by atoms with Crippen molar-refractivity contribution in [2.75, 3.05) is 6.54 Å². The fourth-order valence-corrected chi connectivity index (χ4v) is 2.00. The lowest BCUT2D eigenvalue weighted by molar-refractivity contribution is -0.136. The molecule has 114 valence electrons. The van der Waals surface area contributed by atoms with Crippen LogP contribution in [0, 0.1) is 11.3 Å². The number of aliphatic carboxylic acids is 1. The molecular formula is C15H12BN3O4. The van der Waals surface area contributed by atoms with E-state index in [0.717, 1.165) is 4.81 Å². The van der Waals surface area contributed by atoms with Crippen LogP contribution < -0.4 is 0 Å². The Labute approximate surface area is 132 Å². The zero-order valence-corrected chi connectivity index (χ0v) is 12.2. The summed E-state index contributed by atoms with van der Waals surface area (Å²) in [6.07, 6.45) is 1.39. The van der Waals surface area contributed by atoms with Crippen LogP contribution in [0.5, 0.6) is 5.75 Å². The standard InChI is InChI=1S/C15H12BN3O4/c16-19(8-13(21)22)15(23)14-12(20)5-11(7-18-14)10-3-1-2-9(4-10)6-17/h1-5,7,20H,8,16H2,(H,21,22). The number of rotatable bonds is 4. The number of nitriles is 1. The first-order valence-electron chi connectivity index (χ1n) is 6.59. The summed E-state index contributed by atoms with van der Waals surface area (Å²) < 4.78 is 0. The SMILES string of the molecule is BN(CC(=O)O)C(=O)c1ncc(-c2cccc(C#N)c2)cc1O. The van der Waals surface area contributed by atoms with E-state index in [0.29, 0.717) is 16.7 Å². The van der Waals surface area contributed by atoms with Crippen molar-refractivity contribution in [3.63, 3.8) is 0 Å². The minimum Gasteiger partial charge on any atom is -0.505 e. The Balaban J connectivity index is 2.32. The molecule has 8 heteroatoms. The van der Waals surface area contributed by atoms with Gasteiger partial charge >= 0.3 is 5.97 Å². The van der Waals surface area contributed by atoms with E-state index in [1.165, 1.54) is 20.2 Å². The van der Waals surface area contributed by atoms with Gasteiger partial charge in [0, 0.05) is 11.8 Å². The second-order valence-electron chi connectivity index (χ2n) is 4.84. The summed E-state index contributed by atoms with van der Waals surface area (Å²) in [4.78, 5) is 27.5. The predicted octanol–water partition coefficient (Wildman–Crippen LogP) is 0.401. The Morgan fingerprint density at radius 2 is 2.04 bits per heavy atom. The van der Waals surface area contributed by atoms with Gasteiger partial charge in [0.05, 0.1) is 11.6 Å². The van der Waals surface area contributed by atoms with Crippen molar-refractivity contribution in [2.45, 2.75) is 0 Å². The van der Waals surface area contributed by atoms with Gasteiger partial charge in [-0.1, -0.05) is 12.1 Å². The van der Waals surface area contributed by atoms with Gasteiger partial charge in [-0.3, -0.25) is 9.59 Å². The number of amides is 1. The second kappa shape index (κ2) is 6.62. The van der Waals surface area contributed by atoms with Gasteiger partial charge in [0.15, 0.2) is 5.69 Å². The zero-order chi connectivity index (χ0) is 17.0. The molecule has 1 aromatic heterocycles. The lowest BCUT2D eigenvalue weighted by Crippen LogP contribution is -2.33. The molecule has 0 fully saturated rings. The summed E-state index contributed by atoms with van der Waals surface area (Å²) in [5.41, 5.74) is 1.44. The monoisotopic (exact) mass is 309 g/mol. The summed E-state index contributed by atoms with van der Waals surface area (Å²) >= 11 is 0. The van der Waals surface area contributed by atoms with Gasteiger partial charge < -0.3 is 15.0 Å². The molecule has 0 unspecified atom stereocenters. The van der Waals surface area contributed by atoms with E-state index in [1.54, 1.807) is 24.3 Å². The molecule has 1 amide bonds. The van der Waals surface area contributed by atoms with Crippen molar-refractivity contribution in [1.29, 1.82) is 5.26 Å². The highest BCUT2D eigenvalue weighted by molar-refractivity contribution is 6.19. The van der Waals surface area contributed by atoms with Crippen molar-refractivity contribution >= 4 is 19.9 Å². The van der Waals surface area contributed by atoms with Crippen LogP contribution in [0.1, 0.15) is 16.1 Å². The highest BCUT2D eigenvalue weighted by Gasteiger charge is 2.19. The van der Waals surface area contributed by atoms with Crippen molar-refractivity contribution in [3.05, 3.63) is 47.8 Å². The summed E-state index contributed by atoms with van der Waals surface area (Å²) in [6, 6.07) is 10.1. The second-order valence-corrected chi connectivity index (χ2v) is 4.84. The number of carboxylic acids is 1. The van der Waals surface area contributed by atoms with Crippen LogP contribution in [0.15, 0.2) is 36.5 Å². The number of carbonyl (C=O) groups excluding carboxylic acids is 1. The van der Waals surface area contributed by atoms with E-state index in [2.05, 4.69) is 4.98 Å². The van der Waals surface area contributed by atoms with Gasteiger partial charge in [0.25, 0.3) is 5.91 Å². The number of carbonyl (C=O) groups is 2. The lowest BCUT2D eigenvalue weighted by atomic mass is 10.0. The molecule has 0 aliphatic heterocycles. The minimum absolute atomic E-state index is 0.228. The van der Waals surface area contributed by atoms with Crippen LogP contribution in [0.2, 0.25) is 0 Å². The van der Waals surface area contributed by atoms with E-state index >= 15 is 0 Å². The molecule has 0 aliphatic rings. The summed E-state index contributed by atoms with van der Waals surface area (Å²) in [5, 5.41) is 27.6. The molecule has 2 N–H and O–H groups in total. The van der Waals surface area contributed by atoms with Gasteiger partial charge in [-0.05, 0) is 23.8 Å². The van der Waals surface area contributed by atoms with E-state index in [4.69, 9.17) is 10.4 Å². The van der Waals surface area contributed by atoms with Gasteiger partial charge in [-0.15, -0.1) is 0 Å². The minimum atomic E-state index is -1.16. The smallest absolute Gasteiger partial charge is 0.322 e. The van der Waals surface area contributed by atoms with Crippen LogP contribution in [-0.2, 0) is 4.79 Å². The largest absolute Gasteiger partial charge is 0.505 e. The number of hydrogen-bond donors (Lipinski definition) is 2. The van der Waals surface area contributed by atoms with Gasteiger partial charge in [0.1, 0.15) is 12.3 Å². The van der Waals surface area contributed by atoms with E-state index in [-0.39, 0.29) is 11.4 Å². The number of aromatic hydroxyl groups is 1. The van der Waals surface area contributed by atoms with Crippen molar-refractivity contribution < 1.29 is 19.8 Å². The Kier molecular flexibility index (Phi) is 4.62. The third-order valence-corrected chi connectivity index (χ3v) is 3.11. The first-order valence-corrected chi connectivity index (χ1v) is 6.59. The fraction of sp³-hybridized carbons (Fsp3) is 0.0667. The summed E-state index contributed by atoms with van der Waals surface area (Å²) in [5.74, 6) is -2.21. The lowest BCUT2D eigenvalue weighted by Gasteiger charge is -2.15. The number of carboxylic acid groups (broad SMARTS) is 1. The molecule has 7 nitrogen and oxygen atoms in total. The van der Waals surface area contributed by atoms with Crippen LogP contribution >= 0.6 is 0 Å². The molecule has 0 saturated heterocycles. The molecule has 1 aromatic carbocycles. The highest BCUT2D eigenvalue weighted by atomic mass is 16.4. The molecule has 0 saturated carbocycles. The Morgan fingerprint density at radius 1 is 1.30 bits per heavy atom. The molecule has 0 spiro atoms. The van der Waals surface area contributed by atoms with Crippen molar-refractivity contribution in [2.24, 2.45) is 0 Å². The van der Waals surface area contributed by atoms with E-state index in [9.17, 15) is 14.7 Å².